The van der Waals surface area contributed by atoms with E-state index in [0.717, 1.165) is 12.2 Å². The molecule has 150 valence electrons. The van der Waals surface area contributed by atoms with Crippen molar-refractivity contribution in [3.05, 3.63) is 59.7 Å². The van der Waals surface area contributed by atoms with Crippen LogP contribution in [0, 0.1) is 0 Å². The number of para-hydroxylation sites is 2. The van der Waals surface area contributed by atoms with Crippen LogP contribution < -0.4 is 19.7 Å². The number of nitrogens with zero attached hydrogens (tertiary/aromatic N) is 1. The first-order valence-corrected chi connectivity index (χ1v) is 9.66. The van der Waals surface area contributed by atoms with Crippen molar-refractivity contribution in [2.24, 2.45) is 0 Å². The first-order chi connectivity index (χ1) is 13.9. The van der Waals surface area contributed by atoms with Crippen molar-refractivity contribution in [1.82, 2.24) is 5.32 Å². The van der Waals surface area contributed by atoms with Gasteiger partial charge in [0.2, 0.25) is 0 Å². The lowest BCUT2D eigenvalue weighted by atomic mass is 10.1. The smallest absolute Gasteiger partial charge is 0.270 e. The number of methoxy groups -OCH3 is 1. The molecule has 1 saturated heterocycles. The van der Waals surface area contributed by atoms with Gasteiger partial charge in [-0.3, -0.25) is 14.9 Å². The molecule has 2 amide bonds. The van der Waals surface area contributed by atoms with Crippen LogP contribution in [0.1, 0.15) is 25.8 Å². The lowest BCUT2D eigenvalue weighted by Crippen LogP contribution is -2.54. The number of amides is 2. The molecule has 0 radical (unpaired) electrons. The number of carbonyl (C=O) groups excluding carboxylic acids is 2. The summed E-state index contributed by atoms with van der Waals surface area (Å²) in [4.78, 5) is 26.8. The second-order valence-corrected chi connectivity index (χ2v) is 6.92. The van der Waals surface area contributed by atoms with Gasteiger partial charge in [0.25, 0.3) is 11.8 Å². The van der Waals surface area contributed by atoms with Gasteiger partial charge >= 0.3 is 0 Å². The van der Waals surface area contributed by atoms with Crippen LogP contribution in [0.25, 0.3) is 6.08 Å². The Balaban J connectivity index is 1.91. The third-order valence-corrected chi connectivity index (χ3v) is 4.82. The summed E-state index contributed by atoms with van der Waals surface area (Å²) in [6.45, 7) is 4.05. The maximum atomic E-state index is 13.1. The largest absolute Gasteiger partial charge is 0.495 e. The molecule has 7 heteroatoms. The zero-order valence-corrected chi connectivity index (χ0v) is 17.3. The molecule has 1 N–H and O–H groups in total. The number of hydrogen-bond acceptors (Lipinski definition) is 5. The average Bonchev–Trinajstić information content (AvgIpc) is 2.72. The van der Waals surface area contributed by atoms with Crippen LogP contribution in [-0.2, 0) is 9.59 Å². The molecule has 3 rings (SSSR count). The van der Waals surface area contributed by atoms with E-state index in [1.165, 1.54) is 18.1 Å². The molecule has 1 heterocycles. The number of anilines is 1. The van der Waals surface area contributed by atoms with Gasteiger partial charge in [0.15, 0.2) is 5.11 Å². The molecule has 1 fully saturated rings. The lowest BCUT2D eigenvalue weighted by molar-refractivity contribution is -0.122. The van der Waals surface area contributed by atoms with E-state index in [0.29, 0.717) is 17.0 Å². The van der Waals surface area contributed by atoms with Crippen molar-refractivity contribution in [3.8, 4) is 11.5 Å². The second kappa shape index (κ2) is 8.87. The minimum Gasteiger partial charge on any atom is -0.495 e. The van der Waals surface area contributed by atoms with E-state index in [-0.39, 0.29) is 16.8 Å². The Hall–Kier alpha value is -3.19. The standard InChI is InChI=1S/C22H22N2O4S/c1-4-14(2)28-16-11-9-15(10-12-16)13-17-20(25)23-22(29)24(21(17)26)18-7-5-6-8-19(18)27-3/h5-14H,4H2,1-3H3,(H,23,25,29)/b17-13+/t14-/m0/s1. The highest BCUT2D eigenvalue weighted by atomic mass is 32.1. The SMILES string of the molecule is CC[C@H](C)Oc1ccc(/C=C2\C(=O)NC(=S)N(c3ccccc3OC)C2=O)cc1. The molecule has 1 aliphatic heterocycles. The number of ether oxygens (including phenoxy) is 2. The van der Waals surface area contributed by atoms with E-state index in [9.17, 15) is 9.59 Å². The number of hydrogen-bond donors (Lipinski definition) is 1. The van der Waals surface area contributed by atoms with Crippen LogP contribution in [0.3, 0.4) is 0 Å². The minimum atomic E-state index is -0.536. The average molecular weight is 410 g/mol. The van der Waals surface area contributed by atoms with Crippen molar-refractivity contribution in [2.75, 3.05) is 12.0 Å². The van der Waals surface area contributed by atoms with Gasteiger partial charge in [0.1, 0.15) is 17.1 Å². The highest BCUT2D eigenvalue weighted by molar-refractivity contribution is 7.80. The first-order valence-electron chi connectivity index (χ1n) is 9.25. The van der Waals surface area contributed by atoms with E-state index in [1.807, 2.05) is 19.1 Å². The fraction of sp³-hybridized carbons (Fsp3) is 0.227. The molecule has 0 unspecified atom stereocenters. The number of benzene rings is 2. The summed E-state index contributed by atoms with van der Waals surface area (Å²) in [6.07, 6.45) is 2.55. The molecular weight excluding hydrogens is 388 g/mol. The summed E-state index contributed by atoms with van der Waals surface area (Å²) in [5, 5.41) is 2.59. The Morgan fingerprint density at radius 1 is 1.14 bits per heavy atom. The Morgan fingerprint density at radius 3 is 2.48 bits per heavy atom. The molecule has 0 aromatic heterocycles. The van der Waals surface area contributed by atoms with Gasteiger partial charge < -0.3 is 9.47 Å². The summed E-state index contributed by atoms with van der Waals surface area (Å²) in [5.74, 6) is 0.164. The van der Waals surface area contributed by atoms with Crippen LogP contribution in [0.2, 0.25) is 0 Å². The van der Waals surface area contributed by atoms with Crippen LogP contribution >= 0.6 is 12.2 Å². The molecule has 2 aromatic carbocycles. The third-order valence-electron chi connectivity index (χ3n) is 4.53. The molecule has 0 saturated carbocycles. The van der Waals surface area contributed by atoms with Gasteiger partial charge in [-0.15, -0.1) is 0 Å². The monoisotopic (exact) mass is 410 g/mol. The van der Waals surface area contributed by atoms with Crippen LogP contribution in [0.5, 0.6) is 11.5 Å². The van der Waals surface area contributed by atoms with Crippen molar-refractivity contribution >= 4 is 40.9 Å². The zero-order valence-electron chi connectivity index (χ0n) is 16.5. The van der Waals surface area contributed by atoms with E-state index >= 15 is 0 Å². The third kappa shape index (κ3) is 4.46. The normalized spacial score (nSPS) is 16.6. The summed E-state index contributed by atoms with van der Waals surface area (Å²) in [7, 11) is 1.51. The molecule has 1 aliphatic rings. The summed E-state index contributed by atoms with van der Waals surface area (Å²) < 4.78 is 11.1. The predicted octanol–water partition coefficient (Wildman–Crippen LogP) is 3.70. The van der Waals surface area contributed by atoms with Crippen molar-refractivity contribution in [2.45, 2.75) is 26.4 Å². The van der Waals surface area contributed by atoms with Gasteiger partial charge in [-0.1, -0.05) is 31.2 Å². The van der Waals surface area contributed by atoms with Crippen molar-refractivity contribution < 1.29 is 19.1 Å². The van der Waals surface area contributed by atoms with Crippen molar-refractivity contribution in [1.29, 1.82) is 0 Å². The molecule has 0 aliphatic carbocycles. The van der Waals surface area contributed by atoms with Gasteiger partial charge in [0, 0.05) is 0 Å². The summed E-state index contributed by atoms with van der Waals surface area (Å²) in [5.41, 5.74) is 1.15. The minimum absolute atomic E-state index is 0.0129. The van der Waals surface area contributed by atoms with Gasteiger partial charge in [-0.2, -0.15) is 0 Å². The number of carbonyl (C=O) groups is 2. The molecular formula is C22H22N2O4S. The van der Waals surface area contributed by atoms with E-state index in [4.69, 9.17) is 21.7 Å². The molecule has 0 spiro atoms. The summed E-state index contributed by atoms with van der Waals surface area (Å²) in [6, 6.07) is 14.2. The quantitative estimate of drug-likeness (QED) is 0.447. The molecule has 1 atom stereocenters. The number of rotatable bonds is 6. The van der Waals surface area contributed by atoms with Gasteiger partial charge in [-0.25, -0.2) is 4.90 Å². The maximum absolute atomic E-state index is 13.1. The maximum Gasteiger partial charge on any atom is 0.270 e. The Labute approximate surface area is 175 Å². The Kier molecular flexibility index (Phi) is 6.29. The molecule has 6 nitrogen and oxygen atoms in total. The fourth-order valence-corrected chi connectivity index (χ4v) is 3.09. The van der Waals surface area contributed by atoms with Gasteiger partial charge in [0.05, 0.1) is 18.9 Å². The molecule has 2 aromatic rings. The first kappa shape index (κ1) is 20.5. The zero-order chi connectivity index (χ0) is 21.0. The number of nitrogens with one attached hydrogen (secondary N) is 1. The highest BCUT2D eigenvalue weighted by Gasteiger charge is 2.35. The van der Waals surface area contributed by atoms with Crippen LogP contribution in [0.4, 0.5) is 5.69 Å². The van der Waals surface area contributed by atoms with E-state index in [2.05, 4.69) is 12.2 Å². The Morgan fingerprint density at radius 2 is 1.83 bits per heavy atom. The molecule has 29 heavy (non-hydrogen) atoms. The van der Waals surface area contributed by atoms with Crippen LogP contribution in [0.15, 0.2) is 54.1 Å². The topological polar surface area (TPSA) is 67.9 Å². The van der Waals surface area contributed by atoms with E-state index < -0.39 is 11.8 Å². The fourth-order valence-electron chi connectivity index (χ4n) is 2.82. The van der Waals surface area contributed by atoms with Crippen molar-refractivity contribution in [3.63, 3.8) is 0 Å². The predicted molar refractivity (Wildman–Crippen MR) is 116 cm³/mol. The highest BCUT2D eigenvalue weighted by Crippen LogP contribution is 2.31. The summed E-state index contributed by atoms with van der Waals surface area (Å²) >= 11 is 5.23. The Bertz CT molecular complexity index is 969. The van der Waals surface area contributed by atoms with Gasteiger partial charge in [-0.05, 0) is 61.5 Å². The molecule has 0 bridgehead atoms. The van der Waals surface area contributed by atoms with Crippen LogP contribution in [-0.4, -0.2) is 30.1 Å². The lowest BCUT2D eigenvalue weighted by Gasteiger charge is -2.29. The number of thiocarbonyl (C=S) groups is 1. The van der Waals surface area contributed by atoms with E-state index in [1.54, 1.807) is 36.4 Å². The second-order valence-electron chi connectivity index (χ2n) is 6.54.